The van der Waals surface area contributed by atoms with Gasteiger partial charge in [-0.15, -0.1) is 0 Å². The Morgan fingerprint density at radius 3 is 2.57 bits per heavy atom. The number of piperidine rings is 1. The van der Waals surface area contributed by atoms with Crippen molar-refractivity contribution >= 4 is 11.4 Å². The Bertz CT molecular complexity index is 855. The molecule has 2 atom stereocenters. The van der Waals surface area contributed by atoms with E-state index in [2.05, 4.69) is 53.2 Å². The first-order valence-electron chi connectivity index (χ1n) is 10.7. The van der Waals surface area contributed by atoms with Crippen molar-refractivity contribution in [2.24, 2.45) is 0 Å². The molecule has 3 heterocycles. The van der Waals surface area contributed by atoms with Crippen molar-refractivity contribution in [2.75, 3.05) is 29.9 Å². The summed E-state index contributed by atoms with van der Waals surface area (Å²) in [6, 6.07) is 13.0. The zero-order valence-electron chi connectivity index (χ0n) is 16.9. The maximum atomic E-state index is 14.0. The summed E-state index contributed by atoms with van der Waals surface area (Å²) in [6.45, 7) is 7.73. The number of likely N-dealkylation sites (tertiary alicyclic amines) is 1. The van der Waals surface area contributed by atoms with Crippen molar-refractivity contribution in [2.45, 2.75) is 57.7 Å². The van der Waals surface area contributed by atoms with Crippen molar-refractivity contribution in [3.8, 4) is 0 Å². The second kappa shape index (κ2) is 7.07. The average Bonchev–Trinajstić information content (AvgIpc) is 3.05. The van der Waals surface area contributed by atoms with E-state index in [4.69, 9.17) is 0 Å². The first-order chi connectivity index (χ1) is 13.6. The molecule has 5 rings (SSSR count). The van der Waals surface area contributed by atoms with E-state index in [0.29, 0.717) is 12.0 Å². The van der Waals surface area contributed by atoms with Gasteiger partial charge in [-0.3, -0.25) is 4.90 Å². The van der Waals surface area contributed by atoms with E-state index >= 15 is 0 Å². The quantitative estimate of drug-likeness (QED) is 0.818. The summed E-state index contributed by atoms with van der Waals surface area (Å²) in [5, 5.41) is 3.63. The number of rotatable bonds is 3. The van der Waals surface area contributed by atoms with Crippen LogP contribution in [0.3, 0.4) is 0 Å². The molecule has 2 aromatic carbocycles. The third kappa shape index (κ3) is 3.18. The lowest BCUT2D eigenvalue weighted by atomic mass is 9.89. The Morgan fingerprint density at radius 1 is 1.07 bits per heavy atom. The topological polar surface area (TPSA) is 18.5 Å². The smallest absolute Gasteiger partial charge is 0.125 e. The lowest BCUT2D eigenvalue weighted by Gasteiger charge is -2.40. The molecule has 0 spiro atoms. The molecule has 4 heteroatoms. The molecule has 3 aliphatic rings. The summed E-state index contributed by atoms with van der Waals surface area (Å²) >= 11 is 0. The predicted molar refractivity (Wildman–Crippen MR) is 114 cm³/mol. The SMILES string of the molecule is Cc1ccc(C2CCN(CC3Nc4cc(F)cc5c4N3C(C)CC5)CC2)cc1. The first kappa shape index (κ1) is 18.0. The number of benzene rings is 2. The molecule has 1 saturated heterocycles. The highest BCUT2D eigenvalue weighted by Crippen LogP contribution is 2.44. The lowest BCUT2D eigenvalue weighted by molar-refractivity contribution is 0.202. The fourth-order valence-corrected chi connectivity index (χ4v) is 5.36. The van der Waals surface area contributed by atoms with Gasteiger partial charge in [0.2, 0.25) is 0 Å². The van der Waals surface area contributed by atoms with Crippen LogP contribution >= 0.6 is 0 Å². The molecule has 2 aromatic rings. The van der Waals surface area contributed by atoms with E-state index in [1.165, 1.54) is 35.2 Å². The van der Waals surface area contributed by atoms with Gasteiger partial charge in [0.05, 0.1) is 11.4 Å². The molecule has 0 aliphatic carbocycles. The third-order valence-corrected chi connectivity index (χ3v) is 6.94. The molecular weight excluding hydrogens is 349 g/mol. The van der Waals surface area contributed by atoms with E-state index in [1.807, 2.05) is 0 Å². The number of aryl methyl sites for hydroxylation is 2. The summed E-state index contributed by atoms with van der Waals surface area (Å²) in [5.74, 6) is 0.565. The van der Waals surface area contributed by atoms with Crippen molar-refractivity contribution < 1.29 is 4.39 Å². The van der Waals surface area contributed by atoms with Gasteiger partial charge in [-0.2, -0.15) is 0 Å². The van der Waals surface area contributed by atoms with Crippen LogP contribution in [0.25, 0.3) is 0 Å². The molecular formula is C24H30FN3. The normalized spacial score (nSPS) is 24.9. The van der Waals surface area contributed by atoms with E-state index in [9.17, 15) is 4.39 Å². The fourth-order valence-electron chi connectivity index (χ4n) is 5.36. The molecule has 0 amide bonds. The van der Waals surface area contributed by atoms with E-state index in [1.54, 1.807) is 12.1 Å². The number of hydrogen-bond acceptors (Lipinski definition) is 3. The summed E-state index contributed by atoms with van der Waals surface area (Å²) in [5.41, 5.74) is 6.22. The van der Waals surface area contributed by atoms with Crippen LogP contribution in [0.4, 0.5) is 15.8 Å². The Labute approximate surface area is 167 Å². The minimum absolute atomic E-state index is 0.115. The van der Waals surface area contributed by atoms with Crippen molar-refractivity contribution in [3.63, 3.8) is 0 Å². The highest BCUT2D eigenvalue weighted by atomic mass is 19.1. The predicted octanol–water partition coefficient (Wildman–Crippen LogP) is 4.91. The molecule has 1 N–H and O–H groups in total. The van der Waals surface area contributed by atoms with E-state index < -0.39 is 0 Å². The van der Waals surface area contributed by atoms with Gasteiger partial charge in [0.25, 0.3) is 0 Å². The molecule has 0 radical (unpaired) electrons. The molecule has 0 aromatic heterocycles. The van der Waals surface area contributed by atoms with Crippen LogP contribution in [0.15, 0.2) is 36.4 Å². The molecule has 3 nitrogen and oxygen atoms in total. The third-order valence-electron chi connectivity index (χ3n) is 6.94. The number of anilines is 2. The van der Waals surface area contributed by atoms with Gasteiger partial charge in [0.15, 0.2) is 0 Å². The zero-order chi connectivity index (χ0) is 19.3. The lowest BCUT2D eigenvalue weighted by Crippen LogP contribution is -2.51. The van der Waals surface area contributed by atoms with Gasteiger partial charge in [0.1, 0.15) is 12.0 Å². The summed E-state index contributed by atoms with van der Waals surface area (Å²) in [6.07, 6.45) is 4.77. The van der Waals surface area contributed by atoms with Gasteiger partial charge in [-0.25, -0.2) is 4.39 Å². The van der Waals surface area contributed by atoms with Crippen molar-refractivity contribution in [1.82, 2.24) is 4.90 Å². The zero-order valence-corrected chi connectivity index (χ0v) is 16.9. The Morgan fingerprint density at radius 2 is 1.82 bits per heavy atom. The molecule has 1 fully saturated rings. The average molecular weight is 380 g/mol. The minimum atomic E-state index is -0.115. The summed E-state index contributed by atoms with van der Waals surface area (Å²) in [4.78, 5) is 5.10. The maximum Gasteiger partial charge on any atom is 0.125 e. The van der Waals surface area contributed by atoms with E-state index in [-0.39, 0.29) is 12.0 Å². The first-order valence-corrected chi connectivity index (χ1v) is 10.7. The van der Waals surface area contributed by atoms with Gasteiger partial charge >= 0.3 is 0 Å². The highest BCUT2D eigenvalue weighted by molar-refractivity contribution is 5.80. The summed E-state index contributed by atoms with van der Waals surface area (Å²) < 4.78 is 14.0. The number of nitrogens with one attached hydrogen (secondary N) is 1. The summed E-state index contributed by atoms with van der Waals surface area (Å²) in [7, 11) is 0. The van der Waals surface area contributed by atoms with Crippen LogP contribution in [0.2, 0.25) is 0 Å². The number of hydrogen-bond donors (Lipinski definition) is 1. The Hall–Kier alpha value is -2.07. The van der Waals surface area contributed by atoms with Crippen LogP contribution in [0, 0.1) is 12.7 Å². The Balaban J connectivity index is 1.26. The van der Waals surface area contributed by atoms with E-state index in [0.717, 1.165) is 38.2 Å². The maximum absolute atomic E-state index is 14.0. The Kier molecular flexibility index (Phi) is 4.54. The highest BCUT2D eigenvalue weighted by Gasteiger charge is 2.38. The van der Waals surface area contributed by atoms with Gasteiger partial charge < -0.3 is 10.2 Å². The second-order valence-electron chi connectivity index (χ2n) is 8.90. The molecule has 0 saturated carbocycles. The van der Waals surface area contributed by atoms with Gasteiger partial charge in [-0.1, -0.05) is 29.8 Å². The number of nitrogens with zero attached hydrogens (tertiary/aromatic N) is 2. The van der Waals surface area contributed by atoms with Crippen LogP contribution < -0.4 is 10.2 Å². The molecule has 0 bridgehead atoms. The standard InChI is InChI=1S/C24H30FN3/c1-16-3-6-18(7-4-16)19-9-11-27(12-10-19)15-23-26-22-14-21(25)13-20-8-5-17(2)28(23)24(20)22/h3-4,6-7,13-14,17,19,23,26H,5,8-12,15H2,1-2H3. The monoisotopic (exact) mass is 379 g/mol. The molecule has 2 unspecified atom stereocenters. The van der Waals surface area contributed by atoms with Gasteiger partial charge in [0, 0.05) is 12.6 Å². The van der Waals surface area contributed by atoms with Crippen LogP contribution in [-0.4, -0.2) is 36.7 Å². The molecule has 3 aliphatic heterocycles. The van der Waals surface area contributed by atoms with Crippen LogP contribution in [0.1, 0.15) is 48.8 Å². The largest absolute Gasteiger partial charge is 0.362 e. The van der Waals surface area contributed by atoms with Gasteiger partial charge in [-0.05, 0) is 81.8 Å². The van der Waals surface area contributed by atoms with Crippen LogP contribution in [-0.2, 0) is 6.42 Å². The fraction of sp³-hybridized carbons (Fsp3) is 0.500. The molecule has 148 valence electrons. The minimum Gasteiger partial charge on any atom is -0.362 e. The second-order valence-corrected chi connectivity index (χ2v) is 8.90. The van der Waals surface area contributed by atoms with Crippen molar-refractivity contribution in [3.05, 3.63) is 58.9 Å². The van der Waals surface area contributed by atoms with Crippen molar-refractivity contribution in [1.29, 1.82) is 0 Å². The number of halogens is 1. The van der Waals surface area contributed by atoms with Crippen LogP contribution in [0.5, 0.6) is 0 Å². The molecule has 28 heavy (non-hydrogen) atoms.